The third kappa shape index (κ3) is 3.53. The summed E-state index contributed by atoms with van der Waals surface area (Å²) in [4.78, 5) is 2.82. The van der Waals surface area contributed by atoms with Crippen LogP contribution < -0.4 is 5.32 Å². The molecule has 0 unspecified atom stereocenters. The molecule has 1 aromatic heterocycles. The second kappa shape index (κ2) is 5.85. The summed E-state index contributed by atoms with van der Waals surface area (Å²) in [5.74, 6) is 5.94. The normalized spacial score (nSPS) is 9.64. The fraction of sp³-hybridized carbons (Fsp3) is 0.500. The molecule has 2 heteroatoms. The molecule has 1 nitrogen and oxygen atoms in total. The van der Waals surface area contributed by atoms with Crippen molar-refractivity contribution in [3.63, 3.8) is 0 Å². The predicted molar refractivity (Wildman–Crippen MR) is 63.6 cm³/mol. The van der Waals surface area contributed by atoms with Crippen molar-refractivity contribution in [2.75, 3.05) is 6.54 Å². The third-order valence-electron chi connectivity index (χ3n) is 2.06. The summed E-state index contributed by atoms with van der Waals surface area (Å²) in [5.41, 5.74) is 1.43. The molecule has 0 saturated heterocycles. The van der Waals surface area contributed by atoms with Crippen LogP contribution in [0.5, 0.6) is 0 Å². The van der Waals surface area contributed by atoms with Crippen LogP contribution in [0.3, 0.4) is 0 Å². The summed E-state index contributed by atoms with van der Waals surface area (Å²) in [5, 5.41) is 3.39. The second-order valence-electron chi connectivity index (χ2n) is 3.29. The zero-order valence-electron chi connectivity index (χ0n) is 9.11. The molecule has 0 bridgehead atoms. The Balaban J connectivity index is 2.30. The molecule has 1 rings (SSSR count). The van der Waals surface area contributed by atoms with Crippen LogP contribution in [0.15, 0.2) is 6.07 Å². The molecule has 0 aliphatic carbocycles. The molecule has 0 fully saturated rings. The van der Waals surface area contributed by atoms with Gasteiger partial charge in [-0.25, -0.2) is 0 Å². The Labute approximate surface area is 90.5 Å². The minimum Gasteiger partial charge on any atom is -0.312 e. The first-order valence-corrected chi connectivity index (χ1v) is 5.72. The number of rotatable bonds is 4. The van der Waals surface area contributed by atoms with E-state index in [9.17, 15) is 0 Å². The van der Waals surface area contributed by atoms with Crippen LogP contribution in [0.4, 0.5) is 0 Å². The SMILES string of the molecule is CC#CCCNCc1cc(C)sc1C. The first-order chi connectivity index (χ1) is 6.74. The van der Waals surface area contributed by atoms with Crippen molar-refractivity contribution >= 4 is 11.3 Å². The topological polar surface area (TPSA) is 12.0 Å². The van der Waals surface area contributed by atoms with Crippen molar-refractivity contribution in [2.24, 2.45) is 0 Å². The van der Waals surface area contributed by atoms with E-state index in [4.69, 9.17) is 0 Å². The molecule has 1 N–H and O–H groups in total. The Morgan fingerprint density at radius 1 is 1.43 bits per heavy atom. The number of aryl methyl sites for hydroxylation is 2. The van der Waals surface area contributed by atoms with Gasteiger partial charge in [0.15, 0.2) is 0 Å². The zero-order valence-corrected chi connectivity index (χ0v) is 9.92. The van der Waals surface area contributed by atoms with E-state index >= 15 is 0 Å². The number of hydrogen-bond acceptors (Lipinski definition) is 2. The summed E-state index contributed by atoms with van der Waals surface area (Å²) < 4.78 is 0. The largest absolute Gasteiger partial charge is 0.312 e. The molecule has 0 aliphatic rings. The highest BCUT2D eigenvalue weighted by Crippen LogP contribution is 2.19. The van der Waals surface area contributed by atoms with Crippen LogP contribution in [0.25, 0.3) is 0 Å². The molecule has 0 saturated carbocycles. The van der Waals surface area contributed by atoms with Crippen molar-refractivity contribution in [2.45, 2.75) is 33.7 Å². The molecule has 0 aliphatic heterocycles. The van der Waals surface area contributed by atoms with E-state index in [2.05, 4.69) is 37.1 Å². The molecule has 0 radical (unpaired) electrons. The third-order valence-corrected chi connectivity index (χ3v) is 3.07. The summed E-state index contributed by atoms with van der Waals surface area (Å²) in [7, 11) is 0. The summed E-state index contributed by atoms with van der Waals surface area (Å²) in [6, 6.07) is 2.26. The maximum absolute atomic E-state index is 3.39. The Hall–Kier alpha value is -0.780. The highest BCUT2D eigenvalue weighted by molar-refractivity contribution is 7.12. The van der Waals surface area contributed by atoms with E-state index in [0.717, 1.165) is 19.5 Å². The molecule has 0 aromatic carbocycles. The summed E-state index contributed by atoms with van der Waals surface area (Å²) in [6.07, 6.45) is 0.943. The van der Waals surface area contributed by atoms with Crippen molar-refractivity contribution in [3.8, 4) is 11.8 Å². The minimum atomic E-state index is 0.943. The smallest absolute Gasteiger partial charge is 0.0216 e. The van der Waals surface area contributed by atoms with Crippen LogP contribution in [0.1, 0.15) is 28.7 Å². The monoisotopic (exact) mass is 207 g/mol. The van der Waals surface area contributed by atoms with Crippen molar-refractivity contribution < 1.29 is 0 Å². The second-order valence-corrected chi connectivity index (χ2v) is 4.75. The van der Waals surface area contributed by atoms with Crippen LogP contribution in [-0.4, -0.2) is 6.54 Å². The maximum Gasteiger partial charge on any atom is 0.0216 e. The minimum absolute atomic E-state index is 0.943. The first kappa shape index (κ1) is 11.3. The Morgan fingerprint density at radius 3 is 2.79 bits per heavy atom. The standard InChI is InChI=1S/C12H17NS/c1-4-5-6-7-13-9-12-8-10(2)14-11(12)3/h8,13H,6-7,9H2,1-3H3. The van der Waals surface area contributed by atoms with E-state index in [1.54, 1.807) is 0 Å². The number of hydrogen-bond donors (Lipinski definition) is 1. The van der Waals surface area contributed by atoms with Gasteiger partial charge in [0.2, 0.25) is 0 Å². The molecule has 1 heterocycles. The lowest BCUT2D eigenvalue weighted by Gasteiger charge is -2.00. The van der Waals surface area contributed by atoms with Gasteiger partial charge in [0, 0.05) is 29.3 Å². The van der Waals surface area contributed by atoms with Gasteiger partial charge in [-0.1, -0.05) is 0 Å². The molecule has 0 spiro atoms. The van der Waals surface area contributed by atoms with Crippen LogP contribution in [0.2, 0.25) is 0 Å². The lowest BCUT2D eigenvalue weighted by molar-refractivity contribution is 0.700. The van der Waals surface area contributed by atoms with Gasteiger partial charge in [-0.2, -0.15) is 0 Å². The quantitative estimate of drug-likeness (QED) is 0.591. The summed E-state index contributed by atoms with van der Waals surface area (Å²) >= 11 is 1.87. The number of nitrogens with one attached hydrogen (secondary N) is 1. The molecular formula is C12H17NS. The first-order valence-electron chi connectivity index (χ1n) is 4.90. The molecule has 76 valence electrons. The molecule has 0 amide bonds. The highest BCUT2D eigenvalue weighted by atomic mass is 32.1. The van der Waals surface area contributed by atoms with Gasteiger partial charge < -0.3 is 5.32 Å². The Morgan fingerprint density at radius 2 is 2.21 bits per heavy atom. The van der Waals surface area contributed by atoms with E-state index in [-0.39, 0.29) is 0 Å². The van der Waals surface area contributed by atoms with Crippen LogP contribution in [0, 0.1) is 25.7 Å². The van der Waals surface area contributed by atoms with Crippen LogP contribution in [-0.2, 0) is 6.54 Å². The van der Waals surface area contributed by atoms with E-state index in [1.807, 2.05) is 18.3 Å². The van der Waals surface area contributed by atoms with E-state index in [1.165, 1.54) is 15.3 Å². The Kier molecular flexibility index (Phi) is 4.72. The fourth-order valence-corrected chi connectivity index (χ4v) is 2.30. The van der Waals surface area contributed by atoms with Crippen molar-refractivity contribution in [3.05, 3.63) is 21.4 Å². The van der Waals surface area contributed by atoms with Gasteiger partial charge in [-0.3, -0.25) is 0 Å². The van der Waals surface area contributed by atoms with Crippen molar-refractivity contribution in [1.29, 1.82) is 0 Å². The zero-order chi connectivity index (χ0) is 10.4. The van der Waals surface area contributed by atoms with Crippen LogP contribution >= 0.6 is 11.3 Å². The van der Waals surface area contributed by atoms with Gasteiger partial charge >= 0.3 is 0 Å². The molecule has 1 aromatic rings. The molecule has 14 heavy (non-hydrogen) atoms. The maximum atomic E-state index is 3.39. The summed E-state index contributed by atoms with van der Waals surface area (Å²) in [6.45, 7) is 8.17. The van der Waals surface area contributed by atoms with E-state index < -0.39 is 0 Å². The van der Waals surface area contributed by atoms with Gasteiger partial charge in [-0.15, -0.1) is 23.2 Å². The Bertz CT molecular complexity index is 341. The van der Waals surface area contributed by atoms with Crippen molar-refractivity contribution in [1.82, 2.24) is 5.32 Å². The van der Waals surface area contributed by atoms with Gasteiger partial charge in [0.05, 0.1) is 0 Å². The highest BCUT2D eigenvalue weighted by Gasteiger charge is 2.00. The lowest BCUT2D eigenvalue weighted by Crippen LogP contribution is -2.14. The lowest BCUT2D eigenvalue weighted by atomic mass is 10.2. The van der Waals surface area contributed by atoms with Gasteiger partial charge in [0.25, 0.3) is 0 Å². The van der Waals surface area contributed by atoms with E-state index in [0.29, 0.717) is 0 Å². The fourth-order valence-electron chi connectivity index (χ4n) is 1.36. The average molecular weight is 207 g/mol. The predicted octanol–water partition coefficient (Wildman–Crippen LogP) is 2.87. The number of thiophene rings is 1. The molecular weight excluding hydrogens is 190 g/mol. The van der Waals surface area contributed by atoms with Gasteiger partial charge in [0.1, 0.15) is 0 Å². The molecule has 0 atom stereocenters. The van der Waals surface area contributed by atoms with Gasteiger partial charge in [-0.05, 0) is 32.4 Å². The average Bonchev–Trinajstić information content (AvgIpc) is 2.45.